The van der Waals surface area contributed by atoms with E-state index < -0.39 is 0 Å². The molecule has 0 aromatic carbocycles. The molecule has 5 nitrogen and oxygen atoms in total. The molecule has 0 bridgehead atoms. The minimum absolute atomic E-state index is 0.416. The number of imidazole rings is 1. The number of halogens is 1. The Balaban J connectivity index is 2.80. The zero-order valence-corrected chi connectivity index (χ0v) is 7.69. The number of aromatic nitrogens is 4. The van der Waals surface area contributed by atoms with E-state index in [9.17, 15) is 0 Å². The van der Waals surface area contributed by atoms with E-state index in [4.69, 9.17) is 5.73 Å². The van der Waals surface area contributed by atoms with Crippen LogP contribution in [-0.2, 0) is 5.45 Å². The number of hydrogen-bond acceptors (Lipinski definition) is 4. The second-order valence-corrected chi connectivity index (χ2v) is 2.77. The van der Waals surface area contributed by atoms with Gasteiger partial charge in [0.2, 0.25) is 0 Å². The van der Waals surface area contributed by atoms with Crippen LogP contribution in [0.4, 0.5) is 5.82 Å². The summed E-state index contributed by atoms with van der Waals surface area (Å²) in [6.45, 7) is 0. The van der Waals surface area contributed by atoms with Crippen molar-refractivity contribution in [3.05, 3.63) is 12.7 Å². The summed E-state index contributed by atoms with van der Waals surface area (Å²) in [5.74, 6) is 0.416. The van der Waals surface area contributed by atoms with Crippen molar-refractivity contribution in [3.63, 3.8) is 0 Å². The molecule has 0 radical (unpaired) electrons. The molecule has 2 aromatic heterocycles. The van der Waals surface area contributed by atoms with Crippen LogP contribution in [0.5, 0.6) is 0 Å². The second-order valence-electron chi connectivity index (χ2n) is 2.27. The fourth-order valence-electron chi connectivity index (χ4n) is 0.986. The average Bonchev–Trinajstić information content (AvgIpc) is 2.49. The average molecular weight is 228 g/mol. The van der Waals surface area contributed by atoms with Crippen LogP contribution >= 0.6 is 15.9 Å². The Morgan fingerprint density at radius 3 is 3.00 bits per heavy atom. The lowest BCUT2D eigenvalue weighted by Gasteiger charge is -1.95. The van der Waals surface area contributed by atoms with E-state index in [0.717, 1.165) is 5.65 Å². The van der Waals surface area contributed by atoms with Gasteiger partial charge in [0.1, 0.15) is 11.8 Å². The summed E-state index contributed by atoms with van der Waals surface area (Å²) in [4.78, 5) is 12.0. The third-order valence-electron chi connectivity index (χ3n) is 1.56. The van der Waals surface area contributed by atoms with Gasteiger partial charge in [0.15, 0.2) is 11.5 Å². The fourth-order valence-corrected chi connectivity index (χ4v) is 1.35. The molecule has 2 heterocycles. The molecule has 0 amide bonds. The van der Waals surface area contributed by atoms with Crippen molar-refractivity contribution in [2.45, 2.75) is 5.45 Å². The topological polar surface area (TPSA) is 69.6 Å². The van der Waals surface area contributed by atoms with Gasteiger partial charge < -0.3 is 10.3 Å². The van der Waals surface area contributed by atoms with Crippen LogP contribution in [0.1, 0.15) is 0 Å². The number of alkyl halides is 1. The molecule has 0 saturated heterocycles. The second kappa shape index (κ2) is 2.71. The Labute approximate surface area is 76.8 Å². The van der Waals surface area contributed by atoms with E-state index >= 15 is 0 Å². The van der Waals surface area contributed by atoms with Gasteiger partial charge in [-0.3, -0.25) is 0 Å². The van der Waals surface area contributed by atoms with Gasteiger partial charge in [0.25, 0.3) is 0 Å². The van der Waals surface area contributed by atoms with Crippen molar-refractivity contribution in [1.82, 2.24) is 19.5 Å². The molecule has 0 aliphatic carbocycles. The van der Waals surface area contributed by atoms with E-state index in [1.807, 2.05) is 4.57 Å². The summed E-state index contributed by atoms with van der Waals surface area (Å²) in [5.41, 5.74) is 7.63. The molecule has 2 rings (SSSR count). The van der Waals surface area contributed by atoms with Crippen molar-refractivity contribution in [3.8, 4) is 0 Å². The summed E-state index contributed by atoms with van der Waals surface area (Å²) in [7, 11) is 0. The lowest BCUT2D eigenvalue weighted by molar-refractivity contribution is 0.916. The van der Waals surface area contributed by atoms with E-state index in [0.29, 0.717) is 16.8 Å². The molecule has 0 saturated carbocycles. The van der Waals surface area contributed by atoms with Crippen LogP contribution in [0.25, 0.3) is 11.2 Å². The highest BCUT2D eigenvalue weighted by molar-refractivity contribution is 9.08. The van der Waals surface area contributed by atoms with E-state index in [1.54, 1.807) is 6.33 Å². The van der Waals surface area contributed by atoms with Crippen LogP contribution in [0.3, 0.4) is 0 Å². The van der Waals surface area contributed by atoms with Gasteiger partial charge in [0, 0.05) is 0 Å². The molecular formula is C6H6BrN5. The van der Waals surface area contributed by atoms with Crippen LogP contribution in [0.15, 0.2) is 12.7 Å². The monoisotopic (exact) mass is 227 g/mol. The number of nitrogens with two attached hydrogens (primary N) is 1. The molecule has 0 atom stereocenters. The molecule has 62 valence electrons. The Morgan fingerprint density at radius 1 is 1.42 bits per heavy atom. The van der Waals surface area contributed by atoms with Gasteiger partial charge in [-0.2, -0.15) is 0 Å². The van der Waals surface area contributed by atoms with Crippen LogP contribution in [-0.4, -0.2) is 19.5 Å². The molecular weight excluding hydrogens is 222 g/mol. The summed E-state index contributed by atoms with van der Waals surface area (Å²) in [5, 5.41) is 0. The van der Waals surface area contributed by atoms with E-state index in [2.05, 4.69) is 30.9 Å². The number of nitrogens with zero attached hydrogens (tertiary/aromatic N) is 4. The fraction of sp³-hybridized carbons (Fsp3) is 0.167. The molecule has 6 heteroatoms. The predicted molar refractivity (Wildman–Crippen MR) is 48.7 cm³/mol. The number of hydrogen-bond donors (Lipinski definition) is 1. The van der Waals surface area contributed by atoms with E-state index in [-0.39, 0.29) is 0 Å². The lowest BCUT2D eigenvalue weighted by Crippen LogP contribution is -1.95. The smallest absolute Gasteiger partial charge is 0.166 e. The molecule has 0 spiro atoms. The third kappa shape index (κ3) is 0.953. The first-order chi connectivity index (χ1) is 5.83. The van der Waals surface area contributed by atoms with Crippen LogP contribution < -0.4 is 5.73 Å². The number of rotatable bonds is 1. The highest BCUT2D eigenvalue weighted by Gasteiger charge is 2.05. The van der Waals surface area contributed by atoms with Gasteiger partial charge in [-0.05, 0) is 0 Å². The quantitative estimate of drug-likeness (QED) is 0.731. The molecule has 12 heavy (non-hydrogen) atoms. The third-order valence-corrected chi connectivity index (χ3v) is 2.10. The number of fused-ring (bicyclic) bond motifs is 1. The number of anilines is 1. The maximum atomic E-state index is 5.58. The molecule has 0 aliphatic rings. The van der Waals surface area contributed by atoms with Crippen molar-refractivity contribution in [1.29, 1.82) is 0 Å². The SMILES string of the molecule is Nc1ncnc2c1ncn2CBr. The van der Waals surface area contributed by atoms with Crippen molar-refractivity contribution < 1.29 is 0 Å². The Morgan fingerprint density at radius 2 is 2.25 bits per heavy atom. The van der Waals surface area contributed by atoms with Gasteiger partial charge in [-0.25, -0.2) is 15.0 Å². The maximum absolute atomic E-state index is 5.58. The first kappa shape index (κ1) is 7.48. The molecule has 0 aliphatic heterocycles. The molecule has 0 fully saturated rings. The summed E-state index contributed by atoms with van der Waals surface area (Å²) >= 11 is 3.30. The normalized spacial score (nSPS) is 10.8. The van der Waals surface area contributed by atoms with Gasteiger partial charge in [-0.1, -0.05) is 15.9 Å². The Hall–Kier alpha value is -1.17. The van der Waals surface area contributed by atoms with Crippen LogP contribution in [0, 0.1) is 0 Å². The van der Waals surface area contributed by atoms with Crippen LogP contribution in [0.2, 0.25) is 0 Å². The molecule has 2 N–H and O–H groups in total. The van der Waals surface area contributed by atoms with Crippen molar-refractivity contribution >= 4 is 32.9 Å². The van der Waals surface area contributed by atoms with Gasteiger partial charge in [0.05, 0.1) is 11.8 Å². The van der Waals surface area contributed by atoms with Gasteiger partial charge in [-0.15, -0.1) is 0 Å². The lowest BCUT2D eigenvalue weighted by atomic mass is 10.5. The highest BCUT2D eigenvalue weighted by Crippen LogP contribution is 2.14. The minimum atomic E-state index is 0.416. The number of nitrogen functional groups attached to an aromatic ring is 1. The Bertz CT molecular complexity index is 409. The van der Waals surface area contributed by atoms with E-state index in [1.165, 1.54) is 6.33 Å². The predicted octanol–water partition coefficient (Wildman–Crippen LogP) is 0.761. The van der Waals surface area contributed by atoms with Gasteiger partial charge >= 0.3 is 0 Å². The molecule has 2 aromatic rings. The zero-order chi connectivity index (χ0) is 8.55. The minimum Gasteiger partial charge on any atom is -0.382 e. The maximum Gasteiger partial charge on any atom is 0.166 e. The zero-order valence-electron chi connectivity index (χ0n) is 6.11. The standard InChI is InChI=1S/C6H6BrN5/c7-1-12-3-11-4-5(8)9-2-10-6(4)12/h2-3H,1H2,(H2,8,9,10). The molecule has 0 unspecified atom stereocenters. The summed E-state index contributed by atoms with van der Waals surface area (Å²) < 4.78 is 1.84. The Kier molecular flexibility index (Phi) is 1.69. The summed E-state index contributed by atoms with van der Waals surface area (Å²) in [6, 6.07) is 0. The first-order valence-corrected chi connectivity index (χ1v) is 4.42. The largest absolute Gasteiger partial charge is 0.382 e. The van der Waals surface area contributed by atoms with Crippen molar-refractivity contribution in [2.24, 2.45) is 0 Å². The first-order valence-electron chi connectivity index (χ1n) is 3.30. The summed E-state index contributed by atoms with van der Waals surface area (Å²) in [6.07, 6.45) is 3.10. The highest BCUT2D eigenvalue weighted by atomic mass is 79.9. The van der Waals surface area contributed by atoms with Crippen molar-refractivity contribution in [2.75, 3.05) is 5.73 Å².